The number of carbonyl (C=O) groups is 1. The van der Waals surface area contributed by atoms with Crippen LogP contribution in [0.25, 0.3) is 11.0 Å². The third-order valence-corrected chi connectivity index (χ3v) is 5.54. The van der Waals surface area contributed by atoms with Crippen LogP contribution in [0.5, 0.6) is 0 Å². The van der Waals surface area contributed by atoms with Crippen molar-refractivity contribution in [2.45, 2.75) is 39.3 Å². The number of aryl methyl sites for hydroxylation is 1. The van der Waals surface area contributed by atoms with E-state index < -0.39 is 5.82 Å². The van der Waals surface area contributed by atoms with E-state index in [9.17, 15) is 14.0 Å². The molecule has 0 spiro atoms. The molecule has 1 amide bonds. The van der Waals surface area contributed by atoms with Crippen molar-refractivity contribution in [3.63, 3.8) is 0 Å². The van der Waals surface area contributed by atoms with Gasteiger partial charge >= 0.3 is 0 Å². The molecular formula is C22H28FN7O2. The zero-order valence-corrected chi connectivity index (χ0v) is 18.1. The zero-order valence-electron chi connectivity index (χ0n) is 18.1. The normalized spacial score (nSPS) is 13.4. The summed E-state index contributed by atoms with van der Waals surface area (Å²) in [7, 11) is 0. The predicted molar refractivity (Wildman–Crippen MR) is 120 cm³/mol. The minimum absolute atomic E-state index is 0.126. The van der Waals surface area contributed by atoms with Gasteiger partial charge in [0.05, 0.1) is 5.39 Å². The van der Waals surface area contributed by atoms with Gasteiger partial charge in [0.25, 0.3) is 5.56 Å². The number of nitrogens with one attached hydrogen (secondary N) is 4. The van der Waals surface area contributed by atoms with Crippen LogP contribution in [0.2, 0.25) is 0 Å². The van der Waals surface area contributed by atoms with Crippen LogP contribution in [0.3, 0.4) is 0 Å². The van der Waals surface area contributed by atoms with Crippen molar-refractivity contribution in [1.29, 1.82) is 0 Å². The average molecular weight is 442 g/mol. The van der Waals surface area contributed by atoms with E-state index in [-0.39, 0.29) is 30.4 Å². The minimum Gasteiger partial charge on any atom is -0.365 e. The molecule has 0 aliphatic heterocycles. The van der Waals surface area contributed by atoms with Gasteiger partial charge < -0.3 is 20.9 Å². The molecule has 0 bridgehead atoms. The summed E-state index contributed by atoms with van der Waals surface area (Å²) in [6.07, 6.45) is 7.92. The summed E-state index contributed by atoms with van der Waals surface area (Å²) >= 11 is 0. The minimum atomic E-state index is -0.390. The van der Waals surface area contributed by atoms with Gasteiger partial charge in [-0.3, -0.25) is 14.2 Å². The summed E-state index contributed by atoms with van der Waals surface area (Å²) in [5.74, 6) is 0.363. The van der Waals surface area contributed by atoms with Crippen molar-refractivity contribution in [2.75, 3.05) is 25.0 Å². The van der Waals surface area contributed by atoms with E-state index in [2.05, 4.69) is 30.9 Å². The SMILES string of the molecule is Cc1cnc(NCCCNCC2CC2)c(=O)n1CC(=O)NCc1cnc2[nH]cc(F)c2c1. The van der Waals surface area contributed by atoms with E-state index in [1.54, 1.807) is 25.4 Å². The molecule has 3 aromatic rings. The molecule has 4 N–H and O–H groups in total. The highest BCUT2D eigenvalue weighted by Gasteiger charge is 2.20. The second-order valence-corrected chi connectivity index (χ2v) is 8.22. The average Bonchev–Trinajstić information content (AvgIpc) is 3.55. The van der Waals surface area contributed by atoms with Gasteiger partial charge in [-0.15, -0.1) is 0 Å². The first-order valence-corrected chi connectivity index (χ1v) is 10.9. The fraction of sp³-hybridized carbons (Fsp3) is 0.455. The van der Waals surface area contributed by atoms with E-state index in [4.69, 9.17) is 0 Å². The Morgan fingerprint density at radius 1 is 1.28 bits per heavy atom. The summed E-state index contributed by atoms with van der Waals surface area (Å²) in [6.45, 7) is 4.37. The summed E-state index contributed by atoms with van der Waals surface area (Å²) in [5.41, 5.74) is 1.39. The van der Waals surface area contributed by atoms with E-state index in [0.717, 1.165) is 25.4 Å². The molecule has 0 unspecified atom stereocenters. The van der Waals surface area contributed by atoms with Crippen LogP contribution >= 0.6 is 0 Å². The number of amides is 1. The number of fused-ring (bicyclic) bond motifs is 1. The molecule has 9 nitrogen and oxygen atoms in total. The molecule has 0 aromatic carbocycles. The fourth-order valence-electron chi connectivity index (χ4n) is 3.45. The molecule has 3 heterocycles. The number of rotatable bonds is 11. The number of aromatic nitrogens is 4. The molecule has 0 radical (unpaired) electrons. The summed E-state index contributed by atoms with van der Waals surface area (Å²) < 4.78 is 15.1. The van der Waals surface area contributed by atoms with Crippen LogP contribution in [-0.4, -0.2) is 45.1 Å². The molecule has 10 heteroatoms. The maximum Gasteiger partial charge on any atom is 0.293 e. The lowest BCUT2D eigenvalue weighted by Gasteiger charge is -2.13. The number of H-pyrrole nitrogens is 1. The quantitative estimate of drug-likeness (QED) is 0.337. The molecule has 32 heavy (non-hydrogen) atoms. The van der Waals surface area contributed by atoms with Gasteiger partial charge in [0.15, 0.2) is 5.82 Å². The largest absolute Gasteiger partial charge is 0.365 e. The van der Waals surface area contributed by atoms with Crippen LogP contribution in [0.1, 0.15) is 30.5 Å². The van der Waals surface area contributed by atoms with Crippen molar-refractivity contribution >= 4 is 22.8 Å². The van der Waals surface area contributed by atoms with E-state index in [1.807, 2.05) is 0 Å². The number of hydrogen-bond acceptors (Lipinski definition) is 6. The molecule has 1 aliphatic carbocycles. The van der Waals surface area contributed by atoms with Gasteiger partial charge in [0, 0.05) is 37.4 Å². The molecule has 3 aromatic heterocycles. The Kier molecular flexibility index (Phi) is 6.79. The summed E-state index contributed by atoms with van der Waals surface area (Å²) in [4.78, 5) is 36.3. The highest BCUT2D eigenvalue weighted by atomic mass is 19.1. The maximum atomic E-state index is 13.7. The van der Waals surface area contributed by atoms with E-state index in [0.29, 0.717) is 28.8 Å². The first-order chi connectivity index (χ1) is 15.5. The van der Waals surface area contributed by atoms with Crippen LogP contribution in [0.4, 0.5) is 10.2 Å². The molecule has 1 aliphatic rings. The Morgan fingerprint density at radius 2 is 2.12 bits per heavy atom. The van der Waals surface area contributed by atoms with Gasteiger partial charge in [-0.05, 0) is 56.8 Å². The van der Waals surface area contributed by atoms with Crippen LogP contribution in [0, 0.1) is 18.7 Å². The smallest absolute Gasteiger partial charge is 0.293 e. The van der Waals surface area contributed by atoms with Crippen molar-refractivity contribution < 1.29 is 9.18 Å². The molecule has 170 valence electrons. The highest BCUT2D eigenvalue weighted by Crippen LogP contribution is 2.27. The van der Waals surface area contributed by atoms with E-state index >= 15 is 0 Å². The number of halogens is 1. The second kappa shape index (κ2) is 9.90. The van der Waals surface area contributed by atoms with Crippen molar-refractivity contribution in [3.05, 3.63) is 52.1 Å². The van der Waals surface area contributed by atoms with Gasteiger partial charge in [0.1, 0.15) is 18.0 Å². The Balaban J connectivity index is 1.29. The van der Waals surface area contributed by atoms with Gasteiger partial charge in [-0.1, -0.05) is 0 Å². The maximum absolute atomic E-state index is 13.7. The number of aromatic amines is 1. The van der Waals surface area contributed by atoms with Crippen molar-refractivity contribution in [1.82, 2.24) is 30.2 Å². The Bertz CT molecular complexity index is 1150. The lowest BCUT2D eigenvalue weighted by molar-refractivity contribution is -0.121. The number of anilines is 1. The Morgan fingerprint density at radius 3 is 2.94 bits per heavy atom. The first kappa shape index (κ1) is 21.9. The van der Waals surface area contributed by atoms with Gasteiger partial charge in [-0.2, -0.15) is 0 Å². The highest BCUT2D eigenvalue weighted by molar-refractivity contribution is 5.78. The third kappa shape index (κ3) is 5.50. The molecule has 0 saturated heterocycles. The number of carbonyl (C=O) groups excluding carboxylic acids is 1. The molecular weight excluding hydrogens is 413 g/mol. The van der Waals surface area contributed by atoms with E-state index in [1.165, 1.54) is 23.6 Å². The number of pyridine rings is 1. The Hall–Kier alpha value is -3.27. The standard InChI is InChI=1S/C22H28FN7O2/c1-14-8-27-21(25-6-2-5-24-9-15-3-4-15)22(32)30(14)13-19(31)26-10-16-7-17-18(23)12-29-20(17)28-11-16/h7-8,11-12,15,24H,2-6,9-10,13H2,1H3,(H,25,27)(H,26,31)(H,28,29). The molecule has 1 saturated carbocycles. The van der Waals surface area contributed by atoms with Crippen LogP contribution in [0.15, 0.2) is 29.5 Å². The van der Waals surface area contributed by atoms with Crippen LogP contribution in [-0.2, 0) is 17.9 Å². The summed E-state index contributed by atoms with van der Waals surface area (Å²) in [6, 6.07) is 1.64. The second-order valence-electron chi connectivity index (χ2n) is 8.22. The topological polar surface area (TPSA) is 117 Å². The van der Waals surface area contributed by atoms with Crippen LogP contribution < -0.4 is 21.5 Å². The lowest BCUT2D eigenvalue weighted by Crippen LogP contribution is -2.34. The third-order valence-electron chi connectivity index (χ3n) is 5.54. The van der Waals surface area contributed by atoms with Crippen molar-refractivity contribution in [2.24, 2.45) is 5.92 Å². The monoisotopic (exact) mass is 441 g/mol. The van der Waals surface area contributed by atoms with Gasteiger partial charge in [-0.25, -0.2) is 14.4 Å². The lowest BCUT2D eigenvalue weighted by atomic mass is 10.2. The molecule has 1 fully saturated rings. The Labute approximate surface area is 184 Å². The van der Waals surface area contributed by atoms with Gasteiger partial charge in [0.2, 0.25) is 5.91 Å². The zero-order chi connectivity index (χ0) is 22.5. The molecule has 0 atom stereocenters. The van der Waals surface area contributed by atoms with Crippen molar-refractivity contribution in [3.8, 4) is 0 Å². The number of nitrogens with zero attached hydrogens (tertiary/aromatic N) is 3. The number of hydrogen-bond donors (Lipinski definition) is 4. The predicted octanol–water partition coefficient (Wildman–Crippen LogP) is 1.69. The molecule has 4 rings (SSSR count). The summed E-state index contributed by atoms with van der Waals surface area (Å²) in [5, 5.41) is 9.61. The fourth-order valence-corrected chi connectivity index (χ4v) is 3.45. The first-order valence-electron chi connectivity index (χ1n) is 10.9.